The van der Waals surface area contributed by atoms with Gasteiger partial charge in [-0.05, 0) is 28.8 Å². The van der Waals surface area contributed by atoms with Crippen molar-refractivity contribution in [2.24, 2.45) is 0 Å². The smallest absolute Gasteiger partial charge is 0.217 e. The summed E-state index contributed by atoms with van der Waals surface area (Å²) in [6.45, 7) is 9.46. The zero-order chi connectivity index (χ0) is 13.0. The normalized spacial score (nSPS) is 11.8. The first-order valence-electron chi connectivity index (χ1n) is 5.85. The number of rotatable bonds is 5. The van der Waals surface area contributed by atoms with Crippen LogP contribution in [-0.4, -0.2) is 9.04 Å². The Kier molecular flexibility index (Phi) is 6.00. The Hall–Kier alpha value is -0.0231. The maximum atomic E-state index is 6.12. The van der Waals surface area contributed by atoms with Gasteiger partial charge in [0.05, 0.1) is 6.61 Å². The van der Waals surface area contributed by atoms with Crippen molar-refractivity contribution >= 4 is 32.2 Å². The maximum Gasteiger partial charge on any atom is 0.217 e. The molecule has 0 aromatic heterocycles. The SMILES string of the molecule is CC(C)[Si](OCc1ccc(Cl)cc1Cl)C(C)C. The highest BCUT2D eigenvalue weighted by atomic mass is 35.5. The third-order valence-electron chi connectivity index (χ3n) is 2.55. The average molecular weight is 290 g/mol. The molecule has 0 atom stereocenters. The molecule has 1 radical (unpaired) electrons. The van der Waals surface area contributed by atoms with E-state index in [0.717, 1.165) is 5.56 Å². The van der Waals surface area contributed by atoms with Gasteiger partial charge in [-0.25, -0.2) is 0 Å². The Morgan fingerprint density at radius 1 is 1.12 bits per heavy atom. The molecule has 95 valence electrons. The van der Waals surface area contributed by atoms with Gasteiger partial charge in [0.2, 0.25) is 9.04 Å². The van der Waals surface area contributed by atoms with Gasteiger partial charge in [0.1, 0.15) is 0 Å². The fourth-order valence-corrected chi connectivity index (χ4v) is 4.59. The lowest BCUT2D eigenvalue weighted by Gasteiger charge is -2.22. The van der Waals surface area contributed by atoms with Crippen LogP contribution in [0.15, 0.2) is 18.2 Å². The Balaban J connectivity index is 2.65. The Bertz CT molecular complexity index is 358. The second kappa shape index (κ2) is 6.79. The molecule has 0 unspecified atom stereocenters. The van der Waals surface area contributed by atoms with Crippen LogP contribution >= 0.6 is 23.2 Å². The number of hydrogen-bond donors (Lipinski definition) is 0. The van der Waals surface area contributed by atoms with Crippen LogP contribution < -0.4 is 0 Å². The average Bonchev–Trinajstić information content (AvgIpc) is 2.20. The van der Waals surface area contributed by atoms with Crippen molar-refractivity contribution in [3.05, 3.63) is 33.8 Å². The molecule has 0 saturated heterocycles. The van der Waals surface area contributed by atoms with Crippen LogP contribution in [0.5, 0.6) is 0 Å². The second-order valence-electron chi connectivity index (χ2n) is 4.74. The molecule has 0 heterocycles. The van der Waals surface area contributed by atoms with Crippen molar-refractivity contribution in [1.82, 2.24) is 0 Å². The van der Waals surface area contributed by atoms with E-state index in [9.17, 15) is 0 Å². The monoisotopic (exact) mass is 289 g/mol. The molecule has 0 aliphatic rings. The molecule has 0 saturated carbocycles. The number of hydrogen-bond acceptors (Lipinski definition) is 1. The first-order valence-corrected chi connectivity index (χ1v) is 8.17. The van der Waals surface area contributed by atoms with Crippen LogP contribution in [0.4, 0.5) is 0 Å². The molecule has 1 nitrogen and oxygen atoms in total. The first kappa shape index (κ1) is 15.0. The van der Waals surface area contributed by atoms with E-state index in [1.807, 2.05) is 12.1 Å². The van der Waals surface area contributed by atoms with Gasteiger partial charge >= 0.3 is 0 Å². The Morgan fingerprint density at radius 2 is 1.71 bits per heavy atom. The fraction of sp³-hybridized carbons (Fsp3) is 0.538. The molecule has 0 aliphatic heterocycles. The molecule has 4 heteroatoms. The quantitative estimate of drug-likeness (QED) is 0.667. The third-order valence-corrected chi connectivity index (χ3v) is 5.89. The van der Waals surface area contributed by atoms with Gasteiger partial charge in [-0.2, -0.15) is 0 Å². The Morgan fingerprint density at radius 3 is 2.18 bits per heavy atom. The van der Waals surface area contributed by atoms with Crippen LogP contribution in [-0.2, 0) is 11.0 Å². The third kappa shape index (κ3) is 4.63. The number of benzene rings is 1. The summed E-state index contributed by atoms with van der Waals surface area (Å²) in [4.78, 5) is 0. The summed E-state index contributed by atoms with van der Waals surface area (Å²) in [5.41, 5.74) is 2.22. The van der Waals surface area contributed by atoms with Gasteiger partial charge in [0.25, 0.3) is 0 Å². The highest BCUT2D eigenvalue weighted by molar-refractivity contribution is 6.54. The van der Waals surface area contributed by atoms with Crippen molar-refractivity contribution in [2.75, 3.05) is 0 Å². The van der Waals surface area contributed by atoms with Gasteiger partial charge in [-0.15, -0.1) is 0 Å². The van der Waals surface area contributed by atoms with Gasteiger partial charge < -0.3 is 4.43 Å². The molecular formula is C13H19Cl2OSi. The molecule has 0 N–H and O–H groups in total. The molecule has 17 heavy (non-hydrogen) atoms. The van der Waals surface area contributed by atoms with Crippen LogP contribution in [0, 0.1) is 0 Å². The summed E-state index contributed by atoms with van der Waals surface area (Å²) >= 11 is 12.0. The van der Waals surface area contributed by atoms with Gasteiger partial charge in [-0.1, -0.05) is 57.0 Å². The summed E-state index contributed by atoms with van der Waals surface area (Å²) < 4.78 is 6.05. The molecule has 0 bridgehead atoms. The summed E-state index contributed by atoms with van der Waals surface area (Å²) in [6, 6.07) is 5.55. The summed E-state index contributed by atoms with van der Waals surface area (Å²) in [5, 5.41) is 1.35. The lowest BCUT2D eigenvalue weighted by Crippen LogP contribution is -2.25. The van der Waals surface area contributed by atoms with Crippen molar-refractivity contribution in [1.29, 1.82) is 0 Å². The largest absolute Gasteiger partial charge is 0.412 e. The predicted molar refractivity (Wildman–Crippen MR) is 77.2 cm³/mol. The Labute approximate surface area is 116 Å². The molecule has 0 spiro atoms. The molecule has 0 fully saturated rings. The first-order chi connectivity index (χ1) is 7.91. The van der Waals surface area contributed by atoms with Crippen molar-refractivity contribution in [2.45, 2.75) is 45.4 Å². The van der Waals surface area contributed by atoms with Crippen molar-refractivity contribution in [3.8, 4) is 0 Å². The van der Waals surface area contributed by atoms with Crippen molar-refractivity contribution < 1.29 is 4.43 Å². The number of halogens is 2. The van der Waals surface area contributed by atoms with Gasteiger partial charge in [-0.3, -0.25) is 0 Å². The molecule has 1 aromatic carbocycles. The minimum absolute atomic E-state index is 0.584. The van der Waals surface area contributed by atoms with E-state index in [0.29, 0.717) is 27.7 Å². The molecule has 0 aliphatic carbocycles. The van der Waals surface area contributed by atoms with E-state index in [1.54, 1.807) is 6.07 Å². The lowest BCUT2D eigenvalue weighted by atomic mass is 10.2. The van der Waals surface area contributed by atoms with E-state index < -0.39 is 9.04 Å². The molecular weight excluding hydrogens is 271 g/mol. The lowest BCUT2D eigenvalue weighted by molar-refractivity contribution is 0.296. The fourth-order valence-electron chi connectivity index (χ4n) is 1.80. The minimum Gasteiger partial charge on any atom is -0.412 e. The van der Waals surface area contributed by atoms with E-state index in [4.69, 9.17) is 27.6 Å². The standard InChI is InChI=1S/C13H19Cl2OSi/c1-9(2)17(10(3)4)16-8-11-5-6-12(14)7-13(11)15/h5-7,9-10H,8H2,1-4H3. The highest BCUT2D eigenvalue weighted by Crippen LogP contribution is 2.25. The van der Waals surface area contributed by atoms with Crippen LogP contribution in [0.2, 0.25) is 21.1 Å². The van der Waals surface area contributed by atoms with Gasteiger partial charge in [0, 0.05) is 10.0 Å². The van der Waals surface area contributed by atoms with Crippen LogP contribution in [0.3, 0.4) is 0 Å². The maximum absolute atomic E-state index is 6.12. The van der Waals surface area contributed by atoms with Gasteiger partial charge in [0.15, 0.2) is 0 Å². The predicted octanol–water partition coefficient (Wildman–Crippen LogP) is 5.32. The topological polar surface area (TPSA) is 9.23 Å². The van der Waals surface area contributed by atoms with E-state index in [-0.39, 0.29) is 0 Å². The van der Waals surface area contributed by atoms with Crippen molar-refractivity contribution in [3.63, 3.8) is 0 Å². The molecule has 0 amide bonds. The van der Waals surface area contributed by atoms with Crippen LogP contribution in [0.25, 0.3) is 0 Å². The zero-order valence-electron chi connectivity index (χ0n) is 10.8. The molecule has 1 rings (SSSR count). The van der Waals surface area contributed by atoms with E-state index >= 15 is 0 Å². The summed E-state index contributed by atoms with van der Waals surface area (Å²) in [7, 11) is -0.794. The summed E-state index contributed by atoms with van der Waals surface area (Å²) in [6.07, 6.45) is 0. The minimum atomic E-state index is -0.794. The van der Waals surface area contributed by atoms with E-state index in [1.165, 1.54) is 0 Å². The van der Waals surface area contributed by atoms with E-state index in [2.05, 4.69) is 27.7 Å². The highest BCUT2D eigenvalue weighted by Gasteiger charge is 2.22. The zero-order valence-corrected chi connectivity index (χ0v) is 13.3. The second-order valence-corrected chi connectivity index (χ2v) is 8.98. The molecule has 1 aromatic rings. The summed E-state index contributed by atoms with van der Waals surface area (Å²) in [5.74, 6) is 0. The van der Waals surface area contributed by atoms with Crippen LogP contribution in [0.1, 0.15) is 33.3 Å².